The molecule has 4 nitrogen and oxygen atoms in total. The van der Waals surface area contributed by atoms with Crippen molar-refractivity contribution in [3.63, 3.8) is 0 Å². The minimum absolute atomic E-state index is 0.352. The van der Waals surface area contributed by atoms with Gasteiger partial charge in [-0.1, -0.05) is 48.5 Å². The van der Waals surface area contributed by atoms with Gasteiger partial charge in [-0.25, -0.2) is 4.79 Å². The van der Waals surface area contributed by atoms with Crippen LogP contribution in [0.5, 0.6) is 5.75 Å². The molecule has 2 fully saturated rings. The van der Waals surface area contributed by atoms with Gasteiger partial charge in [-0.2, -0.15) is 0 Å². The summed E-state index contributed by atoms with van der Waals surface area (Å²) in [7, 11) is 0. The maximum absolute atomic E-state index is 12.4. The Balaban J connectivity index is 1.21. The van der Waals surface area contributed by atoms with Gasteiger partial charge in [0.15, 0.2) is 0 Å². The number of esters is 1. The monoisotopic (exact) mass is 386 g/mol. The van der Waals surface area contributed by atoms with E-state index in [0.717, 1.165) is 37.2 Å². The summed E-state index contributed by atoms with van der Waals surface area (Å²) < 4.78 is 16.0. The Kier molecular flexibility index (Phi) is 4.88. The van der Waals surface area contributed by atoms with Crippen LogP contribution in [0.3, 0.4) is 0 Å². The third-order valence-electron chi connectivity index (χ3n) is 5.27. The van der Waals surface area contributed by atoms with E-state index in [4.69, 9.17) is 14.2 Å². The zero-order valence-electron chi connectivity index (χ0n) is 16.0. The lowest BCUT2D eigenvalue weighted by atomic mass is 10.0. The van der Waals surface area contributed by atoms with Gasteiger partial charge in [-0.15, -0.1) is 0 Å². The SMILES string of the molecule is O=C(Oc1ccc(CC2CO2)cc1)c1ccc(-c2ccc(CC3CO3)cc2)cc1. The van der Waals surface area contributed by atoms with Gasteiger partial charge in [-0.3, -0.25) is 0 Å². The average molecular weight is 386 g/mol. The van der Waals surface area contributed by atoms with E-state index in [-0.39, 0.29) is 5.97 Å². The number of rotatable bonds is 7. The second-order valence-corrected chi connectivity index (χ2v) is 7.63. The highest BCUT2D eigenvalue weighted by Gasteiger charge is 2.23. The van der Waals surface area contributed by atoms with Gasteiger partial charge >= 0.3 is 5.97 Å². The molecule has 2 unspecified atom stereocenters. The van der Waals surface area contributed by atoms with Gasteiger partial charge in [0.05, 0.1) is 31.0 Å². The summed E-state index contributed by atoms with van der Waals surface area (Å²) in [5.74, 6) is 0.199. The van der Waals surface area contributed by atoms with Crippen LogP contribution < -0.4 is 4.74 Å². The summed E-state index contributed by atoms with van der Waals surface area (Å²) in [6, 6.07) is 23.6. The predicted octanol–water partition coefficient (Wildman–Crippen LogP) is 4.46. The Morgan fingerprint density at radius 3 is 1.66 bits per heavy atom. The molecule has 3 aromatic rings. The second-order valence-electron chi connectivity index (χ2n) is 7.63. The lowest BCUT2D eigenvalue weighted by Gasteiger charge is -2.07. The Morgan fingerprint density at radius 1 is 0.724 bits per heavy atom. The molecule has 3 aromatic carbocycles. The summed E-state index contributed by atoms with van der Waals surface area (Å²) in [5.41, 5.74) is 5.20. The van der Waals surface area contributed by atoms with Crippen LogP contribution in [-0.2, 0) is 22.3 Å². The molecule has 29 heavy (non-hydrogen) atoms. The Morgan fingerprint density at radius 2 is 1.17 bits per heavy atom. The second kappa shape index (κ2) is 7.82. The minimum atomic E-state index is -0.352. The summed E-state index contributed by atoms with van der Waals surface area (Å²) in [5, 5.41) is 0. The maximum atomic E-state index is 12.4. The summed E-state index contributed by atoms with van der Waals surface area (Å²) in [6.45, 7) is 1.71. The number of carbonyl (C=O) groups excluding carboxylic acids is 1. The van der Waals surface area contributed by atoms with Crippen LogP contribution in [-0.4, -0.2) is 31.4 Å². The standard InChI is InChI=1S/C25H22O4/c26-25(29-22-11-3-18(4-12-22)14-24-16-28-24)21-9-7-20(8-10-21)19-5-1-17(2-6-19)13-23-15-27-23/h1-12,23-24H,13-16H2. The summed E-state index contributed by atoms with van der Waals surface area (Å²) in [6.07, 6.45) is 2.63. The van der Waals surface area contributed by atoms with Gasteiger partial charge in [0.25, 0.3) is 0 Å². The fourth-order valence-electron chi connectivity index (χ4n) is 3.39. The highest BCUT2D eigenvalue weighted by atomic mass is 16.6. The molecule has 2 aliphatic rings. The first-order valence-corrected chi connectivity index (χ1v) is 9.97. The molecule has 146 valence electrons. The van der Waals surface area contributed by atoms with Crippen molar-refractivity contribution < 1.29 is 19.0 Å². The van der Waals surface area contributed by atoms with Crippen LogP contribution >= 0.6 is 0 Å². The van der Waals surface area contributed by atoms with E-state index in [1.165, 1.54) is 11.1 Å². The molecule has 0 radical (unpaired) electrons. The minimum Gasteiger partial charge on any atom is -0.423 e. The number of epoxide rings is 2. The molecule has 0 aliphatic carbocycles. The van der Waals surface area contributed by atoms with Crippen molar-refractivity contribution in [1.29, 1.82) is 0 Å². The Bertz CT molecular complexity index is 983. The quantitative estimate of drug-likeness (QED) is 0.342. The van der Waals surface area contributed by atoms with E-state index in [9.17, 15) is 4.79 Å². The first-order chi connectivity index (χ1) is 14.2. The van der Waals surface area contributed by atoms with Crippen molar-refractivity contribution in [2.45, 2.75) is 25.0 Å². The molecule has 2 heterocycles. The van der Waals surface area contributed by atoms with E-state index in [0.29, 0.717) is 23.5 Å². The van der Waals surface area contributed by atoms with Crippen molar-refractivity contribution in [2.75, 3.05) is 13.2 Å². The third kappa shape index (κ3) is 4.73. The molecule has 4 heteroatoms. The molecule has 0 bridgehead atoms. The maximum Gasteiger partial charge on any atom is 0.343 e. The normalized spacial score (nSPS) is 19.6. The zero-order valence-corrected chi connectivity index (χ0v) is 16.0. The summed E-state index contributed by atoms with van der Waals surface area (Å²) in [4.78, 5) is 12.4. The van der Waals surface area contributed by atoms with Crippen LogP contribution in [0.1, 0.15) is 21.5 Å². The van der Waals surface area contributed by atoms with Crippen molar-refractivity contribution in [3.05, 3.63) is 89.5 Å². The van der Waals surface area contributed by atoms with E-state index in [2.05, 4.69) is 24.3 Å². The van der Waals surface area contributed by atoms with Gasteiger partial charge in [0.2, 0.25) is 0 Å². The molecule has 0 aromatic heterocycles. The van der Waals surface area contributed by atoms with Crippen LogP contribution in [0.25, 0.3) is 11.1 Å². The highest BCUT2D eigenvalue weighted by molar-refractivity contribution is 5.91. The van der Waals surface area contributed by atoms with E-state index in [1.54, 1.807) is 0 Å². The highest BCUT2D eigenvalue weighted by Crippen LogP contribution is 2.24. The number of ether oxygens (including phenoxy) is 3. The van der Waals surface area contributed by atoms with Crippen LogP contribution in [0.4, 0.5) is 0 Å². The zero-order chi connectivity index (χ0) is 19.6. The first-order valence-electron chi connectivity index (χ1n) is 9.97. The average Bonchev–Trinajstić information content (AvgIpc) is 3.68. The molecule has 5 rings (SSSR count). The molecule has 0 spiro atoms. The van der Waals surface area contributed by atoms with Crippen molar-refractivity contribution >= 4 is 5.97 Å². The molecular weight excluding hydrogens is 364 g/mol. The van der Waals surface area contributed by atoms with E-state index >= 15 is 0 Å². The molecule has 0 saturated carbocycles. The topological polar surface area (TPSA) is 51.4 Å². The molecule has 0 N–H and O–H groups in total. The Hall–Kier alpha value is -2.95. The lowest BCUT2D eigenvalue weighted by Crippen LogP contribution is -2.08. The fraction of sp³-hybridized carbons (Fsp3) is 0.240. The van der Waals surface area contributed by atoms with Crippen LogP contribution in [0, 0.1) is 0 Å². The van der Waals surface area contributed by atoms with Crippen molar-refractivity contribution in [3.8, 4) is 16.9 Å². The molecular formula is C25H22O4. The number of carbonyl (C=O) groups is 1. The smallest absolute Gasteiger partial charge is 0.343 e. The first kappa shape index (κ1) is 18.1. The number of benzene rings is 3. The van der Waals surface area contributed by atoms with Gasteiger partial charge < -0.3 is 14.2 Å². The predicted molar refractivity (Wildman–Crippen MR) is 110 cm³/mol. The molecule has 0 amide bonds. The van der Waals surface area contributed by atoms with E-state index < -0.39 is 0 Å². The van der Waals surface area contributed by atoms with Crippen molar-refractivity contribution in [2.24, 2.45) is 0 Å². The third-order valence-corrected chi connectivity index (χ3v) is 5.27. The largest absolute Gasteiger partial charge is 0.423 e. The fourth-order valence-corrected chi connectivity index (χ4v) is 3.39. The van der Waals surface area contributed by atoms with Crippen LogP contribution in [0.2, 0.25) is 0 Å². The molecule has 2 aliphatic heterocycles. The van der Waals surface area contributed by atoms with Gasteiger partial charge in [0.1, 0.15) is 5.75 Å². The van der Waals surface area contributed by atoms with Crippen molar-refractivity contribution in [1.82, 2.24) is 0 Å². The van der Waals surface area contributed by atoms with Crippen LogP contribution in [0.15, 0.2) is 72.8 Å². The molecule has 2 atom stereocenters. The molecule has 2 saturated heterocycles. The summed E-state index contributed by atoms with van der Waals surface area (Å²) >= 11 is 0. The van der Waals surface area contributed by atoms with E-state index in [1.807, 2.05) is 48.5 Å². The van der Waals surface area contributed by atoms with Gasteiger partial charge in [0, 0.05) is 12.8 Å². The Labute approximate surface area is 170 Å². The number of hydrogen-bond donors (Lipinski definition) is 0. The van der Waals surface area contributed by atoms with Gasteiger partial charge in [-0.05, 0) is 46.5 Å². The number of hydrogen-bond acceptors (Lipinski definition) is 4. The lowest BCUT2D eigenvalue weighted by molar-refractivity contribution is 0.0734.